The van der Waals surface area contributed by atoms with Gasteiger partial charge in [-0.15, -0.1) is 0 Å². The van der Waals surface area contributed by atoms with Crippen molar-refractivity contribution in [2.24, 2.45) is 0 Å². The Labute approximate surface area is 185 Å². The zero-order valence-corrected chi connectivity index (χ0v) is 18.7. The van der Waals surface area contributed by atoms with Crippen LogP contribution in [0.5, 0.6) is 0 Å². The fourth-order valence-corrected chi connectivity index (χ4v) is 3.97. The van der Waals surface area contributed by atoms with Crippen molar-refractivity contribution in [1.29, 1.82) is 5.26 Å². The summed E-state index contributed by atoms with van der Waals surface area (Å²) in [5, 5.41) is 15.4. The Bertz CT molecular complexity index is 988. The Morgan fingerprint density at radius 2 is 1.58 bits per heavy atom. The van der Waals surface area contributed by atoms with Gasteiger partial charge in [-0.3, -0.25) is 0 Å². The molecule has 0 saturated carbocycles. The van der Waals surface area contributed by atoms with Crippen LogP contribution in [0.15, 0.2) is 66.7 Å². The molecule has 0 aliphatic heterocycles. The molecule has 3 aromatic rings. The predicted molar refractivity (Wildman–Crippen MR) is 126 cm³/mol. The summed E-state index contributed by atoms with van der Waals surface area (Å²) in [6.45, 7) is 8.20. The Hall–Kier alpha value is -2.71. The maximum absolute atomic E-state index is 9.14. The van der Waals surface area contributed by atoms with E-state index in [-0.39, 0.29) is 18.2 Å². The summed E-state index contributed by atoms with van der Waals surface area (Å²) in [4.78, 5) is 0. The van der Waals surface area contributed by atoms with Crippen LogP contribution in [0, 0.1) is 11.3 Å². The van der Waals surface area contributed by atoms with Crippen LogP contribution in [0.25, 0.3) is 10.8 Å². The topological polar surface area (TPSA) is 54.3 Å². The molecule has 0 amide bonds. The maximum Gasteiger partial charge on any atom is 0.158 e. The molecule has 0 bridgehead atoms. The number of benzene rings is 3. The minimum atomic E-state index is -0.249. The molecule has 1 N–H and O–H groups in total. The van der Waals surface area contributed by atoms with E-state index in [1.807, 2.05) is 38.1 Å². The first-order valence-corrected chi connectivity index (χ1v) is 11.1. The largest absolute Gasteiger partial charge is 0.353 e. The van der Waals surface area contributed by atoms with Gasteiger partial charge in [-0.25, -0.2) is 0 Å². The van der Waals surface area contributed by atoms with Gasteiger partial charge < -0.3 is 14.8 Å². The zero-order valence-electron chi connectivity index (χ0n) is 18.7. The smallest absolute Gasteiger partial charge is 0.158 e. The van der Waals surface area contributed by atoms with Gasteiger partial charge in [0.25, 0.3) is 0 Å². The number of ether oxygens (including phenoxy) is 2. The Morgan fingerprint density at radius 1 is 0.903 bits per heavy atom. The highest BCUT2D eigenvalue weighted by atomic mass is 16.7. The first kappa shape index (κ1) is 23.0. The normalized spacial score (nSPS) is 13.3. The molecule has 0 fully saturated rings. The third kappa shape index (κ3) is 6.38. The van der Waals surface area contributed by atoms with E-state index in [0.717, 1.165) is 13.0 Å². The molecule has 2 unspecified atom stereocenters. The van der Waals surface area contributed by atoms with E-state index in [1.54, 1.807) is 0 Å². The molecule has 0 aliphatic rings. The van der Waals surface area contributed by atoms with Crippen molar-refractivity contribution in [1.82, 2.24) is 5.32 Å². The molecule has 4 heteroatoms. The summed E-state index contributed by atoms with van der Waals surface area (Å²) in [5.41, 5.74) is 3.11. The first-order valence-electron chi connectivity index (χ1n) is 11.1. The Kier molecular flexibility index (Phi) is 8.61. The van der Waals surface area contributed by atoms with Gasteiger partial charge in [0.2, 0.25) is 0 Å². The van der Waals surface area contributed by atoms with Crippen molar-refractivity contribution in [3.63, 3.8) is 0 Å². The van der Waals surface area contributed by atoms with Crippen molar-refractivity contribution < 1.29 is 9.47 Å². The van der Waals surface area contributed by atoms with Crippen molar-refractivity contribution in [2.45, 2.75) is 52.0 Å². The molecule has 4 nitrogen and oxygen atoms in total. The minimum absolute atomic E-state index is 0.191. The fraction of sp³-hybridized carbons (Fsp3) is 0.370. The molecule has 2 atom stereocenters. The third-order valence-electron chi connectivity index (χ3n) is 5.67. The summed E-state index contributed by atoms with van der Waals surface area (Å²) in [6, 6.07) is 25.3. The second kappa shape index (κ2) is 11.6. The highest BCUT2D eigenvalue weighted by Crippen LogP contribution is 2.28. The molecule has 0 heterocycles. The molecule has 162 valence electrons. The number of nitrogens with zero attached hydrogens (tertiary/aromatic N) is 1. The maximum atomic E-state index is 9.14. The Morgan fingerprint density at radius 3 is 2.23 bits per heavy atom. The van der Waals surface area contributed by atoms with Gasteiger partial charge in [-0.1, -0.05) is 48.5 Å². The second-order valence-electron chi connectivity index (χ2n) is 7.77. The lowest BCUT2D eigenvalue weighted by atomic mass is 9.88. The molecular weight excluding hydrogens is 384 g/mol. The average Bonchev–Trinajstić information content (AvgIpc) is 2.81. The van der Waals surface area contributed by atoms with E-state index < -0.39 is 0 Å². The molecule has 31 heavy (non-hydrogen) atoms. The van der Waals surface area contributed by atoms with Crippen LogP contribution in [0.1, 0.15) is 49.8 Å². The molecule has 0 spiro atoms. The number of rotatable bonds is 11. The first-order chi connectivity index (χ1) is 15.1. The van der Waals surface area contributed by atoms with E-state index in [1.165, 1.54) is 21.9 Å². The molecule has 3 rings (SSSR count). The van der Waals surface area contributed by atoms with Gasteiger partial charge in [-0.2, -0.15) is 5.26 Å². The lowest BCUT2D eigenvalue weighted by Crippen LogP contribution is -2.35. The molecule has 0 saturated heterocycles. The molecule has 0 aliphatic carbocycles. The van der Waals surface area contributed by atoms with Gasteiger partial charge in [0.05, 0.1) is 11.6 Å². The zero-order chi connectivity index (χ0) is 22.1. The summed E-state index contributed by atoms with van der Waals surface area (Å²) in [5.74, 6) is 0.191. The standard InChI is InChI=1S/C27H32N2O2/c1-4-30-27(31-5-2)17-26(24-14-10-21(18-28)11-15-24)20(3)29-19-22-12-13-23-8-6-7-9-25(23)16-22/h6-16,20,26-27,29H,4-5,17,19H2,1-3H3. The molecule has 3 aromatic carbocycles. The quantitative estimate of drug-likeness (QED) is 0.404. The monoisotopic (exact) mass is 416 g/mol. The van der Waals surface area contributed by atoms with Crippen molar-refractivity contribution in [3.8, 4) is 6.07 Å². The molecule has 0 radical (unpaired) electrons. The molecular formula is C27H32N2O2. The minimum Gasteiger partial charge on any atom is -0.353 e. The molecule has 0 aromatic heterocycles. The van der Waals surface area contributed by atoms with Gasteiger partial charge in [0.1, 0.15) is 0 Å². The van der Waals surface area contributed by atoms with Gasteiger partial charge in [0, 0.05) is 38.1 Å². The van der Waals surface area contributed by atoms with E-state index in [0.29, 0.717) is 18.8 Å². The van der Waals surface area contributed by atoms with Gasteiger partial charge in [0.15, 0.2) is 6.29 Å². The SMILES string of the molecule is CCOC(CC(c1ccc(C#N)cc1)C(C)NCc1ccc2ccccc2c1)OCC. The van der Waals surface area contributed by atoms with Crippen molar-refractivity contribution in [3.05, 3.63) is 83.4 Å². The van der Waals surface area contributed by atoms with Crippen LogP contribution in [-0.4, -0.2) is 25.5 Å². The van der Waals surface area contributed by atoms with E-state index >= 15 is 0 Å². The van der Waals surface area contributed by atoms with Crippen LogP contribution in [0.2, 0.25) is 0 Å². The number of nitrogens with one attached hydrogen (secondary N) is 1. The predicted octanol–water partition coefficient (Wildman–Crippen LogP) is 5.76. The number of fused-ring (bicyclic) bond motifs is 1. The lowest BCUT2D eigenvalue weighted by molar-refractivity contribution is -0.143. The third-order valence-corrected chi connectivity index (χ3v) is 5.67. The highest BCUT2D eigenvalue weighted by molar-refractivity contribution is 5.82. The summed E-state index contributed by atoms with van der Waals surface area (Å²) in [6.07, 6.45) is 0.500. The van der Waals surface area contributed by atoms with E-state index in [2.05, 4.69) is 60.8 Å². The van der Waals surface area contributed by atoms with Crippen LogP contribution in [0.4, 0.5) is 0 Å². The van der Waals surface area contributed by atoms with E-state index in [4.69, 9.17) is 14.7 Å². The Balaban J connectivity index is 1.76. The van der Waals surface area contributed by atoms with Crippen LogP contribution in [0.3, 0.4) is 0 Å². The average molecular weight is 417 g/mol. The number of hydrogen-bond donors (Lipinski definition) is 1. The van der Waals surface area contributed by atoms with Crippen molar-refractivity contribution in [2.75, 3.05) is 13.2 Å². The summed E-state index contributed by atoms with van der Waals surface area (Å²) < 4.78 is 11.7. The highest BCUT2D eigenvalue weighted by Gasteiger charge is 2.24. The van der Waals surface area contributed by atoms with Gasteiger partial charge in [-0.05, 0) is 60.9 Å². The summed E-state index contributed by atoms with van der Waals surface area (Å²) >= 11 is 0. The fourth-order valence-electron chi connectivity index (χ4n) is 3.97. The number of hydrogen-bond acceptors (Lipinski definition) is 4. The van der Waals surface area contributed by atoms with Crippen LogP contribution >= 0.6 is 0 Å². The second-order valence-corrected chi connectivity index (χ2v) is 7.77. The van der Waals surface area contributed by atoms with Crippen molar-refractivity contribution >= 4 is 10.8 Å². The summed E-state index contributed by atoms with van der Waals surface area (Å²) in [7, 11) is 0. The van der Waals surface area contributed by atoms with E-state index in [9.17, 15) is 0 Å². The van der Waals surface area contributed by atoms with Crippen LogP contribution in [-0.2, 0) is 16.0 Å². The number of nitriles is 1. The van der Waals surface area contributed by atoms with Crippen LogP contribution < -0.4 is 5.32 Å². The van der Waals surface area contributed by atoms with Gasteiger partial charge >= 0.3 is 0 Å². The lowest BCUT2D eigenvalue weighted by Gasteiger charge is -2.29.